The summed E-state index contributed by atoms with van der Waals surface area (Å²) in [6, 6.07) is 20.1. The van der Waals surface area contributed by atoms with Crippen LogP contribution in [0.25, 0.3) is 27.5 Å². The minimum atomic E-state index is -0.345. The highest BCUT2D eigenvalue weighted by atomic mass is 16.5. The average Bonchev–Trinajstić information content (AvgIpc) is 3.07. The van der Waals surface area contributed by atoms with Crippen molar-refractivity contribution in [2.24, 2.45) is 0 Å². The van der Waals surface area contributed by atoms with Crippen molar-refractivity contribution < 1.29 is 9.53 Å². The Morgan fingerprint density at radius 3 is 2.62 bits per heavy atom. The molecule has 4 heteroatoms. The molecule has 4 rings (SSSR count). The molecule has 2 heterocycles. The lowest BCUT2D eigenvalue weighted by Gasteiger charge is -2.10. The van der Waals surface area contributed by atoms with Crippen molar-refractivity contribution in [3.8, 4) is 11.3 Å². The van der Waals surface area contributed by atoms with Crippen LogP contribution in [-0.4, -0.2) is 22.2 Å². The van der Waals surface area contributed by atoms with E-state index >= 15 is 0 Å². The summed E-state index contributed by atoms with van der Waals surface area (Å²) in [6.45, 7) is 2.14. The molecule has 118 valence electrons. The number of fused-ring (bicyclic) bond motifs is 3. The van der Waals surface area contributed by atoms with E-state index in [4.69, 9.17) is 4.74 Å². The van der Waals surface area contributed by atoms with Gasteiger partial charge in [0.25, 0.3) is 0 Å². The third kappa shape index (κ3) is 2.24. The number of carbonyl (C=O) groups is 1. The van der Waals surface area contributed by atoms with Crippen LogP contribution in [0.15, 0.2) is 66.9 Å². The van der Waals surface area contributed by atoms with Gasteiger partial charge in [0.05, 0.1) is 24.0 Å². The zero-order valence-corrected chi connectivity index (χ0v) is 13.3. The molecule has 4 aromatic rings. The zero-order valence-electron chi connectivity index (χ0n) is 13.3. The molecule has 0 saturated carbocycles. The first-order chi connectivity index (χ1) is 11.8. The fraction of sp³-hybridized carbons (Fsp3) is 0.100. The monoisotopic (exact) mass is 316 g/mol. The van der Waals surface area contributed by atoms with Gasteiger partial charge in [-0.3, -0.25) is 0 Å². The van der Waals surface area contributed by atoms with E-state index in [9.17, 15) is 4.79 Å². The summed E-state index contributed by atoms with van der Waals surface area (Å²) < 4.78 is 7.02. The number of aromatic nitrogens is 2. The van der Waals surface area contributed by atoms with E-state index in [0.29, 0.717) is 12.2 Å². The highest BCUT2D eigenvalue weighted by Gasteiger charge is 2.18. The molecule has 4 nitrogen and oxygen atoms in total. The lowest BCUT2D eigenvalue weighted by Crippen LogP contribution is -2.04. The Hall–Kier alpha value is -3.14. The Kier molecular flexibility index (Phi) is 3.50. The van der Waals surface area contributed by atoms with E-state index in [1.165, 1.54) is 0 Å². The van der Waals surface area contributed by atoms with Crippen LogP contribution in [0.3, 0.4) is 0 Å². The lowest BCUT2D eigenvalue weighted by atomic mass is 10.0. The molecule has 2 aromatic heterocycles. The first-order valence-electron chi connectivity index (χ1n) is 7.91. The topological polar surface area (TPSA) is 43.6 Å². The summed E-state index contributed by atoms with van der Waals surface area (Å²) in [5, 5.41) is 6.51. The predicted octanol–water partition coefficient (Wildman–Crippen LogP) is 4.33. The van der Waals surface area contributed by atoms with Crippen LogP contribution in [-0.2, 0) is 4.74 Å². The number of hydrogen-bond donors (Lipinski definition) is 0. The van der Waals surface area contributed by atoms with Gasteiger partial charge in [-0.25, -0.2) is 9.31 Å². The molecular formula is C20H16N2O2. The zero-order chi connectivity index (χ0) is 16.5. The van der Waals surface area contributed by atoms with E-state index in [2.05, 4.69) is 11.2 Å². The number of esters is 1. The number of benzene rings is 2. The minimum absolute atomic E-state index is 0.340. The molecule has 0 bridgehead atoms. The maximum atomic E-state index is 12.3. The van der Waals surface area contributed by atoms with Gasteiger partial charge >= 0.3 is 5.97 Å². The quantitative estimate of drug-likeness (QED) is 0.528. The fourth-order valence-electron chi connectivity index (χ4n) is 3.01. The molecule has 0 saturated heterocycles. The van der Waals surface area contributed by atoms with Gasteiger partial charge in [-0.1, -0.05) is 54.6 Å². The highest BCUT2D eigenvalue weighted by molar-refractivity contribution is 6.08. The molecule has 0 N–H and O–H groups in total. The third-order valence-corrected chi connectivity index (χ3v) is 4.07. The number of carbonyl (C=O) groups excluding carboxylic acids is 1. The van der Waals surface area contributed by atoms with Gasteiger partial charge in [0.2, 0.25) is 0 Å². The second kappa shape index (κ2) is 5.81. The van der Waals surface area contributed by atoms with Crippen LogP contribution in [0.4, 0.5) is 0 Å². The molecule has 0 unspecified atom stereocenters. The Morgan fingerprint density at radius 1 is 1.08 bits per heavy atom. The molecule has 0 amide bonds. The number of nitrogens with zero attached hydrogens (tertiary/aromatic N) is 2. The van der Waals surface area contributed by atoms with Crippen molar-refractivity contribution in [1.29, 1.82) is 0 Å². The molecule has 0 aliphatic heterocycles. The van der Waals surface area contributed by atoms with Crippen molar-refractivity contribution in [2.75, 3.05) is 6.61 Å². The first-order valence-corrected chi connectivity index (χ1v) is 7.91. The van der Waals surface area contributed by atoms with Gasteiger partial charge in [-0.15, -0.1) is 0 Å². The summed E-state index contributed by atoms with van der Waals surface area (Å²) in [6.07, 6.45) is 1.59. The van der Waals surface area contributed by atoms with Gasteiger partial charge in [-0.2, -0.15) is 5.10 Å². The lowest BCUT2D eigenvalue weighted by molar-refractivity contribution is 0.0528. The molecule has 2 aromatic carbocycles. The highest BCUT2D eigenvalue weighted by Crippen LogP contribution is 2.30. The van der Waals surface area contributed by atoms with Crippen molar-refractivity contribution in [1.82, 2.24) is 9.61 Å². The molecule has 0 spiro atoms. The van der Waals surface area contributed by atoms with E-state index < -0.39 is 0 Å². The Labute approximate surface area is 139 Å². The van der Waals surface area contributed by atoms with Crippen LogP contribution in [0.2, 0.25) is 0 Å². The Bertz CT molecular complexity index is 1040. The van der Waals surface area contributed by atoms with Gasteiger partial charge in [0, 0.05) is 10.9 Å². The second-order valence-corrected chi connectivity index (χ2v) is 5.52. The normalized spacial score (nSPS) is 11.0. The predicted molar refractivity (Wildman–Crippen MR) is 94.1 cm³/mol. The largest absolute Gasteiger partial charge is 0.462 e. The van der Waals surface area contributed by atoms with Gasteiger partial charge in [-0.05, 0) is 18.4 Å². The molecule has 0 aliphatic carbocycles. The van der Waals surface area contributed by atoms with Gasteiger partial charge < -0.3 is 4.74 Å². The fourth-order valence-corrected chi connectivity index (χ4v) is 3.01. The van der Waals surface area contributed by atoms with Gasteiger partial charge in [0.15, 0.2) is 0 Å². The van der Waals surface area contributed by atoms with Crippen LogP contribution < -0.4 is 0 Å². The van der Waals surface area contributed by atoms with Crippen molar-refractivity contribution in [3.63, 3.8) is 0 Å². The van der Waals surface area contributed by atoms with Crippen LogP contribution >= 0.6 is 0 Å². The first kappa shape index (κ1) is 14.5. The van der Waals surface area contributed by atoms with E-state index in [1.54, 1.807) is 13.1 Å². The second-order valence-electron chi connectivity index (χ2n) is 5.52. The number of rotatable bonds is 3. The summed E-state index contributed by atoms with van der Waals surface area (Å²) in [5.74, 6) is -0.345. The smallest absolute Gasteiger partial charge is 0.342 e. The summed E-state index contributed by atoms with van der Waals surface area (Å²) >= 11 is 0. The van der Waals surface area contributed by atoms with Crippen molar-refractivity contribution in [2.45, 2.75) is 6.92 Å². The number of ether oxygens (including phenoxy) is 1. The molecule has 0 fully saturated rings. The SMILES string of the molecule is CCOC(=O)c1cnn2c(-c3ccccc3)cc3ccccc3c12. The van der Waals surface area contributed by atoms with Gasteiger partial charge in [0.1, 0.15) is 5.56 Å². The Morgan fingerprint density at radius 2 is 1.83 bits per heavy atom. The molecule has 24 heavy (non-hydrogen) atoms. The van der Waals surface area contributed by atoms with Crippen LogP contribution in [0.1, 0.15) is 17.3 Å². The van der Waals surface area contributed by atoms with E-state index in [0.717, 1.165) is 27.5 Å². The average molecular weight is 316 g/mol. The third-order valence-electron chi connectivity index (χ3n) is 4.07. The minimum Gasteiger partial charge on any atom is -0.462 e. The standard InChI is InChI=1S/C20H16N2O2/c1-2-24-20(23)17-13-21-22-18(14-8-4-3-5-9-14)12-15-10-6-7-11-16(15)19(17)22/h3-13H,2H2,1H3. The van der Waals surface area contributed by atoms with Crippen LogP contribution in [0.5, 0.6) is 0 Å². The molecule has 0 radical (unpaired) electrons. The summed E-state index contributed by atoms with van der Waals surface area (Å²) in [4.78, 5) is 12.3. The Balaban J connectivity index is 2.09. The maximum Gasteiger partial charge on any atom is 0.342 e. The van der Waals surface area contributed by atoms with Crippen molar-refractivity contribution in [3.05, 3.63) is 72.4 Å². The summed E-state index contributed by atoms with van der Waals surface area (Å²) in [5.41, 5.74) is 3.27. The van der Waals surface area contributed by atoms with E-state index in [1.807, 2.05) is 59.1 Å². The maximum absolute atomic E-state index is 12.3. The number of hydrogen-bond acceptors (Lipinski definition) is 3. The molecule has 0 atom stereocenters. The van der Waals surface area contributed by atoms with Crippen LogP contribution in [0, 0.1) is 0 Å². The number of pyridine rings is 1. The van der Waals surface area contributed by atoms with E-state index in [-0.39, 0.29) is 5.97 Å². The van der Waals surface area contributed by atoms with Crippen molar-refractivity contribution >= 4 is 22.3 Å². The molecule has 0 aliphatic rings. The molecular weight excluding hydrogens is 300 g/mol. The summed E-state index contributed by atoms with van der Waals surface area (Å²) in [7, 11) is 0.